The lowest BCUT2D eigenvalue weighted by atomic mass is 9.94. The van der Waals surface area contributed by atoms with E-state index in [2.05, 4.69) is 12.3 Å². The summed E-state index contributed by atoms with van der Waals surface area (Å²) in [4.78, 5) is 16.0. The quantitative estimate of drug-likeness (QED) is 0.760. The van der Waals surface area contributed by atoms with E-state index in [1.54, 1.807) is 11.3 Å². The van der Waals surface area contributed by atoms with E-state index < -0.39 is 0 Å². The number of amides is 1. The fourth-order valence-electron chi connectivity index (χ4n) is 3.13. The van der Waals surface area contributed by atoms with Gasteiger partial charge in [0.25, 0.3) is 5.91 Å². The molecule has 0 aromatic carbocycles. The lowest BCUT2D eigenvalue weighted by molar-refractivity contribution is 0.0682. The Kier molecular flexibility index (Phi) is 3.42. The molecule has 0 spiro atoms. The average molecular weight is 262 g/mol. The molecule has 1 saturated heterocycles. The number of nitrogens with zero attached hydrogens (tertiary/aromatic N) is 1. The van der Waals surface area contributed by atoms with E-state index in [4.69, 9.17) is 0 Å². The summed E-state index contributed by atoms with van der Waals surface area (Å²) in [6.45, 7) is 4.10. The lowest BCUT2D eigenvalue weighted by Crippen LogP contribution is -2.39. The summed E-state index contributed by atoms with van der Waals surface area (Å²) >= 11 is 1.67. The fraction of sp³-hybridized carbons (Fsp3) is 0.667. The van der Waals surface area contributed by atoms with Gasteiger partial charge in [-0.1, -0.05) is 6.92 Å². The van der Waals surface area contributed by atoms with Gasteiger partial charge < -0.3 is 4.90 Å². The van der Waals surface area contributed by atoms with Gasteiger partial charge in [0.15, 0.2) is 0 Å². The molecule has 2 aliphatic rings. The van der Waals surface area contributed by atoms with E-state index in [0.717, 1.165) is 37.9 Å². The predicted octanol–water partition coefficient (Wildman–Crippen LogP) is 3.30. The maximum atomic E-state index is 12.6. The molecule has 1 amide bonds. The standard InChI is InChI=1S/C15H20NOS/c1-11-5-4-8-16(9-11)15(17)13-10-18-14-7-3-2-6-12(13)14/h11H,2-9H2,1H3. The maximum absolute atomic E-state index is 12.6. The zero-order chi connectivity index (χ0) is 12.5. The number of likely N-dealkylation sites (tertiary alicyclic amines) is 1. The van der Waals surface area contributed by atoms with Crippen LogP contribution in [-0.4, -0.2) is 23.9 Å². The molecule has 3 heteroatoms. The van der Waals surface area contributed by atoms with Crippen LogP contribution in [0.3, 0.4) is 0 Å². The SMILES string of the molecule is CC1CCCN(C(=O)c2[c]sc3c2CCCC3)C1. The van der Waals surface area contributed by atoms with Crippen molar-refractivity contribution in [2.75, 3.05) is 13.1 Å². The molecule has 0 saturated carbocycles. The highest BCUT2D eigenvalue weighted by molar-refractivity contribution is 7.10. The van der Waals surface area contributed by atoms with Crippen molar-refractivity contribution in [1.82, 2.24) is 4.90 Å². The number of hydrogen-bond donors (Lipinski definition) is 0. The van der Waals surface area contributed by atoms with Crippen molar-refractivity contribution in [2.24, 2.45) is 5.92 Å². The summed E-state index contributed by atoms with van der Waals surface area (Å²) in [6.07, 6.45) is 7.15. The molecule has 3 rings (SSSR count). The average Bonchev–Trinajstić information content (AvgIpc) is 2.82. The van der Waals surface area contributed by atoms with E-state index in [9.17, 15) is 4.79 Å². The van der Waals surface area contributed by atoms with E-state index in [1.165, 1.54) is 29.7 Å². The molecule has 1 aromatic rings. The Bertz CT molecular complexity index is 451. The normalized spacial score (nSPS) is 23.8. The lowest BCUT2D eigenvalue weighted by Gasteiger charge is -2.31. The number of carbonyl (C=O) groups is 1. The van der Waals surface area contributed by atoms with Gasteiger partial charge in [-0.15, -0.1) is 11.3 Å². The number of carbonyl (C=O) groups excluding carboxylic acids is 1. The molecule has 1 atom stereocenters. The fourth-order valence-corrected chi connectivity index (χ4v) is 4.14. The van der Waals surface area contributed by atoms with Crippen LogP contribution in [0.15, 0.2) is 0 Å². The van der Waals surface area contributed by atoms with E-state index >= 15 is 0 Å². The van der Waals surface area contributed by atoms with Crippen LogP contribution in [0.1, 0.15) is 53.4 Å². The van der Waals surface area contributed by atoms with Crippen molar-refractivity contribution in [2.45, 2.75) is 45.4 Å². The van der Waals surface area contributed by atoms with E-state index in [0.29, 0.717) is 5.92 Å². The van der Waals surface area contributed by atoms with Crippen LogP contribution in [0.2, 0.25) is 0 Å². The molecule has 0 N–H and O–H groups in total. The molecule has 2 nitrogen and oxygen atoms in total. The third-order valence-electron chi connectivity index (χ3n) is 4.15. The summed E-state index contributed by atoms with van der Waals surface area (Å²) in [5.74, 6) is 0.887. The first-order valence-electron chi connectivity index (χ1n) is 7.07. The molecule has 1 aromatic heterocycles. The molecule has 0 bridgehead atoms. The van der Waals surface area contributed by atoms with Gasteiger partial charge in [-0.05, 0) is 50.0 Å². The van der Waals surface area contributed by atoms with Crippen LogP contribution in [-0.2, 0) is 12.8 Å². The van der Waals surface area contributed by atoms with Gasteiger partial charge in [0.05, 0.1) is 10.9 Å². The number of piperidine rings is 1. The first-order chi connectivity index (χ1) is 8.75. The van der Waals surface area contributed by atoms with Crippen molar-refractivity contribution < 1.29 is 4.79 Å². The first-order valence-corrected chi connectivity index (χ1v) is 7.89. The Balaban J connectivity index is 1.81. The van der Waals surface area contributed by atoms with Crippen LogP contribution in [0.4, 0.5) is 0 Å². The van der Waals surface area contributed by atoms with Crippen LogP contribution in [0.5, 0.6) is 0 Å². The summed E-state index contributed by atoms with van der Waals surface area (Å²) in [7, 11) is 0. The number of fused-ring (bicyclic) bond motifs is 1. The minimum Gasteiger partial charge on any atom is -0.338 e. The zero-order valence-electron chi connectivity index (χ0n) is 11.0. The number of thiophene rings is 1. The molecular formula is C15H20NOS. The minimum absolute atomic E-state index is 0.237. The molecule has 1 radical (unpaired) electrons. The van der Waals surface area contributed by atoms with Crippen LogP contribution in [0, 0.1) is 11.3 Å². The summed E-state index contributed by atoms with van der Waals surface area (Å²) in [5.41, 5.74) is 2.21. The zero-order valence-corrected chi connectivity index (χ0v) is 11.8. The Hall–Kier alpha value is -0.830. The number of hydrogen-bond acceptors (Lipinski definition) is 2. The first kappa shape index (κ1) is 12.2. The third kappa shape index (κ3) is 2.20. The van der Waals surface area contributed by atoms with Crippen molar-refractivity contribution in [1.29, 1.82) is 0 Å². The highest BCUT2D eigenvalue weighted by Gasteiger charge is 2.26. The maximum Gasteiger partial charge on any atom is 0.255 e. The van der Waals surface area contributed by atoms with Gasteiger partial charge in [-0.3, -0.25) is 4.79 Å². The summed E-state index contributed by atoms with van der Waals surface area (Å²) < 4.78 is 0. The van der Waals surface area contributed by atoms with E-state index in [-0.39, 0.29) is 5.91 Å². The second-order valence-corrected chi connectivity index (χ2v) is 6.59. The highest BCUT2D eigenvalue weighted by Crippen LogP contribution is 2.31. The predicted molar refractivity (Wildman–Crippen MR) is 74.1 cm³/mol. The molecule has 1 fully saturated rings. The van der Waals surface area contributed by atoms with Gasteiger partial charge in [0.1, 0.15) is 0 Å². The molecule has 18 heavy (non-hydrogen) atoms. The molecule has 1 aliphatic carbocycles. The Morgan fingerprint density at radius 3 is 3.00 bits per heavy atom. The summed E-state index contributed by atoms with van der Waals surface area (Å²) in [6, 6.07) is 0. The second kappa shape index (κ2) is 5.04. The van der Waals surface area contributed by atoms with Gasteiger partial charge >= 0.3 is 0 Å². The smallest absolute Gasteiger partial charge is 0.255 e. The van der Waals surface area contributed by atoms with Gasteiger partial charge in [-0.2, -0.15) is 0 Å². The van der Waals surface area contributed by atoms with Crippen molar-refractivity contribution in [3.8, 4) is 0 Å². The number of aryl methyl sites for hydroxylation is 1. The largest absolute Gasteiger partial charge is 0.338 e. The number of rotatable bonds is 1. The van der Waals surface area contributed by atoms with Crippen molar-refractivity contribution >= 4 is 17.2 Å². The monoisotopic (exact) mass is 262 g/mol. The van der Waals surface area contributed by atoms with Crippen LogP contribution in [0.25, 0.3) is 0 Å². The van der Waals surface area contributed by atoms with Gasteiger partial charge in [-0.25, -0.2) is 0 Å². The molecule has 1 aliphatic heterocycles. The minimum atomic E-state index is 0.237. The van der Waals surface area contributed by atoms with Gasteiger partial charge in [0, 0.05) is 18.0 Å². The highest BCUT2D eigenvalue weighted by atomic mass is 32.1. The Morgan fingerprint density at radius 1 is 1.33 bits per heavy atom. The summed E-state index contributed by atoms with van der Waals surface area (Å²) in [5, 5.41) is 3.28. The third-order valence-corrected chi connectivity index (χ3v) is 5.16. The van der Waals surface area contributed by atoms with Crippen LogP contribution < -0.4 is 0 Å². The van der Waals surface area contributed by atoms with E-state index in [1.807, 2.05) is 4.90 Å². The van der Waals surface area contributed by atoms with Gasteiger partial charge in [0.2, 0.25) is 0 Å². The van der Waals surface area contributed by atoms with Crippen molar-refractivity contribution in [3.05, 3.63) is 21.4 Å². The second-order valence-electron chi connectivity index (χ2n) is 5.69. The Labute approximate surface area is 113 Å². The Morgan fingerprint density at radius 2 is 2.17 bits per heavy atom. The molecule has 97 valence electrons. The topological polar surface area (TPSA) is 20.3 Å². The van der Waals surface area contributed by atoms with Crippen LogP contribution >= 0.6 is 11.3 Å². The molecular weight excluding hydrogens is 242 g/mol. The van der Waals surface area contributed by atoms with Crippen molar-refractivity contribution in [3.63, 3.8) is 0 Å². The molecule has 1 unspecified atom stereocenters. The molecule has 2 heterocycles.